The average Bonchev–Trinajstić information content (AvgIpc) is 2.64. The van der Waals surface area contributed by atoms with Crippen molar-refractivity contribution in [3.8, 4) is 6.07 Å². The van der Waals surface area contributed by atoms with E-state index >= 15 is 0 Å². The lowest BCUT2D eigenvalue weighted by molar-refractivity contribution is -0.384. The summed E-state index contributed by atoms with van der Waals surface area (Å²) in [5.41, 5.74) is 0.979. The minimum absolute atomic E-state index is 0.0273. The van der Waals surface area contributed by atoms with Crippen LogP contribution in [0, 0.1) is 21.4 Å². The molecule has 2 heterocycles. The number of nitrogens with zero attached hydrogens (tertiary/aromatic N) is 5. The Balaban J connectivity index is 1.62. The topological polar surface area (TPSA) is 76.6 Å². The highest BCUT2D eigenvalue weighted by molar-refractivity contribution is 5.65. The fourth-order valence-corrected chi connectivity index (χ4v) is 3.85. The molecule has 25 heavy (non-hydrogen) atoms. The summed E-state index contributed by atoms with van der Waals surface area (Å²) in [4.78, 5) is 18.0. The first kappa shape index (κ1) is 17.6. The van der Waals surface area contributed by atoms with E-state index in [1.165, 1.54) is 31.9 Å². The molecular weight excluding hydrogens is 318 g/mol. The third-order valence-corrected chi connectivity index (χ3v) is 5.40. The Bertz CT molecular complexity index is 664. The van der Waals surface area contributed by atoms with Crippen molar-refractivity contribution in [2.75, 3.05) is 51.2 Å². The number of hydrogen-bond acceptors (Lipinski definition) is 6. The van der Waals surface area contributed by atoms with E-state index in [2.05, 4.69) is 21.7 Å². The Morgan fingerprint density at radius 2 is 2.00 bits per heavy atom. The number of piperidine rings is 1. The fourth-order valence-electron chi connectivity index (χ4n) is 3.85. The Morgan fingerprint density at radius 1 is 1.24 bits per heavy atom. The van der Waals surface area contributed by atoms with Crippen molar-refractivity contribution in [1.29, 1.82) is 5.26 Å². The Morgan fingerprint density at radius 3 is 2.64 bits per heavy atom. The van der Waals surface area contributed by atoms with E-state index < -0.39 is 0 Å². The van der Waals surface area contributed by atoms with Crippen molar-refractivity contribution >= 4 is 11.4 Å². The maximum absolute atomic E-state index is 11.3. The minimum Gasteiger partial charge on any atom is -0.363 e. The number of benzene rings is 1. The van der Waals surface area contributed by atoms with Gasteiger partial charge in [0.2, 0.25) is 0 Å². The lowest BCUT2D eigenvalue weighted by Gasteiger charge is -2.40. The molecule has 7 heteroatoms. The summed E-state index contributed by atoms with van der Waals surface area (Å²) in [6.45, 7) is 5.66. The second-order valence-corrected chi connectivity index (χ2v) is 6.99. The van der Waals surface area contributed by atoms with Gasteiger partial charge in [-0.1, -0.05) is 6.42 Å². The molecule has 1 aromatic rings. The second-order valence-electron chi connectivity index (χ2n) is 6.99. The molecule has 2 aliphatic rings. The summed E-state index contributed by atoms with van der Waals surface area (Å²) < 4.78 is 0. The van der Waals surface area contributed by atoms with Gasteiger partial charge in [0.25, 0.3) is 5.69 Å². The Hall–Kier alpha value is -2.17. The van der Waals surface area contributed by atoms with E-state index in [0.29, 0.717) is 17.3 Å². The van der Waals surface area contributed by atoms with Gasteiger partial charge in [-0.05, 0) is 38.6 Å². The molecular formula is C18H25N5O2. The summed E-state index contributed by atoms with van der Waals surface area (Å²) >= 11 is 0. The molecule has 2 fully saturated rings. The maximum Gasteiger partial charge on any atom is 0.293 e. The van der Waals surface area contributed by atoms with E-state index in [4.69, 9.17) is 5.26 Å². The van der Waals surface area contributed by atoms with Crippen LogP contribution in [0.15, 0.2) is 18.2 Å². The van der Waals surface area contributed by atoms with Gasteiger partial charge in [0.1, 0.15) is 5.69 Å². The Labute approximate surface area is 148 Å². The largest absolute Gasteiger partial charge is 0.363 e. The monoisotopic (exact) mass is 343 g/mol. The zero-order chi connectivity index (χ0) is 17.8. The SMILES string of the molecule is CN1CCCC[C@H]1CN1CCN(c2ccc(C#N)cc2[N+](=O)[O-])CC1. The van der Waals surface area contributed by atoms with Crippen LogP contribution >= 0.6 is 0 Å². The number of anilines is 1. The Kier molecular flexibility index (Phi) is 5.51. The zero-order valence-corrected chi connectivity index (χ0v) is 14.7. The average molecular weight is 343 g/mol. The van der Waals surface area contributed by atoms with E-state index in [9.17, 15) is 10.1 Å². The molecule has 0 aliphatic carbocycles. The number of rotatable bonds is 4. The molecule has 0 saturated carbocycles. The summed E-state index contributed by atoms with van der Waals surface area (Å²) in [5, 5.41) is 20.3. The number of piperazine rings is 1. The molecule has 1 aromatic carbocycles. The van der Waals surface area contributed by atoms with Crippen LogP contribution in [0.5, 0.6) is 0 Å². The molecule has 134 valence electrons. The van der Waals surface area contributed by atoms with Gasteiger partial charge in [-0.25, -0.2) is 0 Å². The van der Waals surface area contributed by atoms with Gasteiger partial charge < -0.3 is 9.80 Å². The van der Waals surface area contributed by atoms with Crippen molar-refractivity contribution in [2.45, 2.75) is 25.3 Å². The zero-order valence-electron chi connectivity index (χ0n) is 14.7. The predicted molar refractivity (Wildman–Crippen MR) is 96.7 cm³/mol. The maximum atomic E-state index is 11.3. The van der Waals surface area contributed by atoms with Crippen molar-refractivity contribution in [1.82, 2.24) is 9.80 Å². The number of nitriles is 1. The van der Waals surface area contributed by atoms with E-state index in [-0.39, 0.29) is 10.6 Å². The van der Waals surface area contributed by atoms with Crippen LogP contribution in [-0.4, -0.2) is 67.1 Å². The molecule has 1 atom stereocenters. The van der Waals surface area contributed by atoms with Crippen LogP contribution in [0.25, 0.3) is 0 Å². The lowest BCUT2D eigenvalue weighted by atomic mass is 10.0. The van der Waals surface area contributed by atoms with E-state index in [0.717, 1.165) is 32.7 Å². The lowest BCUT2D eigenvalue weighted by Crippen LogP contribution is -2.52. The van der Waals surface area contributed by atoms with Crippen LogP contribution in [-0.2, 0) is 0 Å². The summed E-state index contributed by atoms with van der Waals surface area (Å²) in [5.74, 6) is 0. The van der Waals surface area contributed by atoms with Gasteiger partial charge in [-0.3, -0.25) is 15.0 Å². The summed E-state index contributed by atoms with van der Waals surface area (Å²) in [6.07, 6.45) is 3.87. The molecule has 0 aromatic heterocycles. The van der Waals surface area contributed by atoms with E-state index in [1.807, 2.05) is 6.07 Å². The smallest absolute Gasteiger partial charge is 0.293 e. The third-order valence-electron chi connectivity index (χ3n) is 5.40. The van der Waals surface area contributed by atoms with Crippen molar-refractivity contribution in [2.24, 2.45) is 0 Å². The van der Waals surface area contributed by atoms with Crippen molar-refractivity contribution in [3.63, 3.8) is 0 Å². The normalized spacial score (nSPS) is 22.6. The highest BCUT2D eigenvalue weighted by Crippen LogP contribution is 2.30. The van der Waals surface area contributed by atoms with Crippen LogP contribution in [0.3, 0.4) is 0 Å². The molecule has 0 radical (unpaired) electrons. The molecule has 2 saturated heterocycles. The van der Waals surface area contributed by atoms with Crippen LogP contribution in [0.4, 0.5) is 11.4 Å². The molecule has 0 bridgehead atoms. The highest BCUT2D eigenvalue weighted by atomic mass is 16.6. The standard InChI is InChI=1S/C18H25N5O2/c1-20-7-3-2-4-16(20)14-21-8-10-22(11-9-21)17-6-5-15(13-19)12-18(17)23(24)25/h5-6,12,16H,2-4,7-11,14H2,1H3/t16-/m0/s1. The minimum atomic E-state index is -0.389. The predicted octanol–water partition coefficient (Wildman–Crippen LogP) is 2.07. The quantitative estimate of drug-likeness (QED) is 0.615. The molecule has 0 N–H and O–H groups in total. The van der Waals surface area contributed by atoms with Crippen LogP contribution in [0.1, 0.15) is 24.8 Å². The van der Waals surface area contributed by atoms with Crippen molar-refractivity contribution in [3.05, 3.63) is 33.9 Å². The molecule has 3 rings (SSSR count). The molecule has 0 unspecified atom stereocenters. The third kappa shape index (κ3) is 4.09. The molecule has 7 nitrogen and oxygen atoms in total. The summed E-state index contributed by atoms with van der Waals surface area (Å²) in [6, 6.07) is 7.34. The molecule has 2 aliphatic heterocycles. The van der Waals surface area contributed by atoms with Crippen LogP contribution < -0.4 is 4.90 Å². The first-order chi connectivity index (χ1) is 12.1. The number of nitro benzene ring substituents is 1. The molecule has 0 amide bonds. The summed E-state index contributed by atoms with van der Waals surface area (Å²) in [7, 11) is 2.21. The number of hydrogen-bond donors (Lipinski definition) is 0. The first-order valence-corrected chi connectivity index (χ1v) is 8.94. The van der Waals surface area contributed by atoms with E-state index in [1.54, 1.807) is 12.1 Å². The van der Waals surface area contributed by atoms with Gasteiger partial charge in [0.15, 0.2) is 0 Å². The van der Waals surface area contributed by atoms with Gasteiger partial charge in [0.05, 0.1) is 16.6 Å². The highest BCUT2D eigenvalue weighted by Gasteiger charge is 2.27. The fraction of sp³-hybridized carbons (Fsp3) is 0.611. The number of likely N-dealkylation sites (N-methyl/N-ethyl adjacent to an activating group) is 1. The number of nitro groups is 1. The molecule has 0 spiro atoms. The van der Waals surface area contributed by atoms with Crippen molar-refractivity contribution < 1.29 is 4.92 Å². The van der Waals surface area contributed by atoms with Gasteiger partial charge in [-0.2, -0.15) is 5.26 Å². The first-order valence-electron chi connectivity index (χ1n) is 8.94. The van der Waals surface area contributed by atoms with Gasteiger partial charge in [0, 0.05) is 44.8 Å². The number of likely N-dealkylation sites (tertiary alicyclic amines) is 1. The van der Waals surface area contributed by atoms with Gasteiger partial charge >= 0.3 is 0 Å². The second kappa shape index (κ2) is 7.81. The van der Waals surface area contributed by atoms with Crippen LogP contribution in [0.2, 0.25) is 0 Å². The van der Waals surface area contributed by atoms with Gasteiger partial charge in [-0.15, -0.1) is 0 Å².